The summed E-state index contributed by atoms with van der Waals surface area (Å²) >= 11 is 0. The fourth-order valence-electron chi connectivity index (χ4n) is 2.79. The SMILES string of the molecule is C=CC(=O)OC(CC)OP(=O)(OCC(CC)CCCC)OCC(CC)CCCC.[LiH]. The number of unbranched alkanes of at least 4 members (excludes halogenated alkanes) is 2. The summed E-state index contributed by atoms with van der Waals surface area (Å²) in [5, 5.41) is 0. The predicted octanol–water partition coefficient (Wildman–Crippen LogP) is 6.39. The third-order valence-corrected chi connectivity index (χ3v) is 6.44. The molecule has 3 unspecified atom stereocenters. The van der Waals surface area contributed by atoms with Crippen molar-refractivity contribution in [2.75, 3.05) is 13.2 Å². The zero-order valence-corrected chi connectivity index (χ0v) is 20.1. The number of hydrogen-bond donors (Lipinski definition) is 0. The van der Waals surface area contributed by atoms with Crippen LogP contribution in [0.5, 0.6) is 0 Å². The van der Waals surface area contributed by atoms with Gasteiger partial charge >= 0.3 is 32.7 Å². The van der Waals surface area contributed by atoms with E-state index >= 15 is 0 Å². The minimum atomic E-state index is -3.87. The van der Waals surface area contributed by atoms with Crippen molar-refractivity contribution >= 4 is 32.7 Å². The van der Waals surface area contributed by atoms with E-state index in [0.717, 1.165) is 57.4 Å². The summed E-state index contributed by atoms with van der Waals surface area (Å²) in [5.41, 5.74) is 0. The molecule has 0 spiro atoms. The Morgan fingerprint density at radius 1 is 0.900 bits per heavy atom. The van der Waals surface area contributed by atoms with Crippen molar-refractivity contribution in [1.82, 2.24) is 0 Å². The molecule has 0 bridgehead atoms. The van der Waals surface area contributed by atoms with E-state index in [9.17, 15) is 9.36 Å². The number of phosphoric ester groups is 1. The number of rotatable bonds is 19. The molecule has 0 fully saturated rings. The Morgan fingerprint density at radius 3 is 1.70 bits per heavy atom. The van der Waals surface area contributed by atoms with Crippen LogP contribution in [0, 0.1) is 11.8 Å². The molecule has 0 aromatic carbocycles. The maximum atomic E-state index is 13.4. The first-order valence-corrected chi connectivity index (χ1v) is 12.7. The molecule has 0 N–H and O–H groups in total. The molecular weight excluding hydrogens is 398 g/mol. The van der Waals surface area contributed by atoms with Crippen LogP contribution in [0.15, 0.2) is 12.7 Å². The number of carbonyl (C=O) groups excluding carboxylic acids is 1. The summed E-state index contributed by atoms with van der Waals surface area (Å²) in [6, 6.07) is 0. The molecule has 0 rings (SSSR count). The van der Waals surface area contributed by atoms with Crippen molar-refractivity contribution in [1.29, 1.82) is 0 Å². The van der Waals surface area contributed by atoms with E-state index < -0.39 is 20.1 Å². The average Bonchev–Trinajstić information content (AvgIpc) is 2.73. The van der Waals surface area contributed by atoms with E-state index in [2.05, 4.69) is 34.3 Å². The number of ether oxygens (including phenoxy) is 1. The summed E-state index contributed by atoms with van der Waals surface area (Å²) < 4.78 is 35.5. The van der Waals surface area contributed by atoms with Gasteiger partial charge in [0.15, 0.2) is 0 Å². The van der Waals surface area contributed by atoms with Crippen LogP contribution in [0.1, 0.15) is 92.4 Å². The normalized spacial score (nSPS) is 16.0. The van der Waals surface area contributed by atoms with Gasteiger partial charge < -0.3 is 4.74 Å². The van der Waals surface area contributed by atoms with E-state index in [4.69, 9.17) is 18.3 Å². The van der Waals surface area contributed by atoms with Gasteiger partial charge in [-0.15, -0.1) is 0 Å². The van der Waals surface area contributed by atoms with Crippen LogP contribution in [0.25, 0.3) is 0 Å². The quantitative estimate of drug-likeness (QED) is 0.0758. The van der Waals surface area contributed by atoms with Gasteiger partial charge in [0.1, 0.15) is 0 Å². The summed E-state index contributed by atoms with van der Waals surface area (Å²) in [4.78, 5) is 11.5. The van der Waals surface area contributed by atoms with Crippen molar-refractivity contribution in [2.24, 2.45) is 11.8 Å². The molecule has 0 aromatic rings. The van der Waals surface area contributed by atoms with Crippen molar-refractivity contribution in [3.8, 4) is 0 Å². The first-order chi connectivity index (χ1) is 13.9. The fourth-order valence-corrected chi connectivity index (χ4v) is 4.25. The van der Waals surface area contributed by atoms with Crippen molar-refractivity contribution in [3.63, 3.8) is 0 Å². The average molecular weight is 443 g/mol. The molecule has 3 atom stereocenters. The Kier molecular flexibility index (Phi) is 21.0. The molecular formula is C22H44LiO6P. The topological polar surface area (TPSA) is 71.1 Å². The zero-order valence-electron chi connectivity index (χ0n) is 19.2. The van der Waals surface area contributed by atoms with Gasteiger partial charge in [0, 0.05) is 12.5 Å². The number of carbonyl (C=O) groups is 1. The predicted molar refractivity (Wildman–Crippen MR) is 125 cm³/mol. The van der Waals surface area contributed by atoms with E-state index in [1.807, 2.05) is 0 Å². The summed E-state index contributed by atoms with van der Waals surface area (Å²) in [5.74, 6) is -0.0613. The molecule has 6 nitrogen and oxygen atoms in total. The third kappa shape index (κ3) is 14.8. The van der Waals surface area contributed by atoms with E-state index in [1.54, 1.807) is 6.92 Å². The van der Waals surface area contributed by atoms with Crippen LogP contribution in [0.4, 0.5) is 0 Å². The molecule has 0 aliphatic carbocycles. The van der Waals surface area contributed by atoms with Gasteiger partial charge in [0.05, 0.1) is 13.2 Å². The van der Waals surface area contributed by atoms with Crippen molar-refractivity contribution in [2.45, 2.75) is 98.7 Å². The van der Waals surface area contributed by atoms with Gasteiger partial charge in [-0.25, -0.2) is 13.9 Å². The van der Waals surface area contributed by atoms with Gasteiger partial charge in [-0.3, -0.25) is 9.05 Å². The zero-order chi connectivity index (χ0) is 22.1. The Bertz CT molecular complexity index is 464. The second-order valence-corrected chi connectivity index (χ2v) is 9.08. The molecule has 0 amide bonds. The van der Waals surface area contributed by atoms with Gasteiger partial charge in [0.2, 0.25) is 6.29 Å². The monoisotopic (exact) mass is 442 g/mol. The standard InChI is InChI=1S/C22H43O6P.Li.H/c1-7-13-15-19(9-3)17-25-29(24,26-18-20(10-4)16-14-8-2)28-22(12-6)27-21(23)11-5;;/h11,19-20,22H,5,7-10,12-18H2,1-4,6H3;;. The molecule has 0 radical (unpaired) electrons. The van der Waals surface area contributed by atoms with Gasteiger partial charge in [0.25, 0.3) is 0 Å². The van der Waals surface area contributed by atoms with E-state index in [1.165, 1.54) is 0 Å². The van der Waals surface area contributed by atoms with Gasteiger partial charge in [-0.05, 0) is 24.7 Å². The third-order valence-electron chi connectivity index (χ3n) is 5.02. The van der Waals surface area contributed by atoms with Gasteiger partial charge in [-0.2, -0.15) is 0 Å². The van der Waals surface area contributed by atoms with Crippen LogP contribution in [0.3, 0.4) is 0 Å². The van der Waals surface area contributed by atoms with Crippen LogP contribution in [-0.2, 0) is 27.7 Å². The fraction of sp³-hybridized carbons (Fsp3) is 0.864. The first-order valence-electron chi connectivity index (χ1n) is 11.3. The van der Waals surface area contributed by atoms with Crippen molar-refractivity contribution in [3.05, 3.63) is 12.7 Å². The molecule has 0 heterocycles. The molecule has 174 valence electrons. The van der Waals surface area contributed by atoms with Crippen LogP contribution in [-0.4, -0.2) is 44.3 Å². The van der Waals surface area contributed by atoms with Crippen molar-refractivity contribution < 1.29 is 27.7 Å². The molecule has 0 aliphatic heterocycles. The molecule has 8 heteroatoms. The Hall–Kier alpha value is -0.0826. The maximum absolute atomic E-state index is 13.4. The second-order valence-electron chi connectivity index (χ2n) is 7.46. The van der Waals surface area contributed by atoms with E-state index in [0.29, 0.717) is 19.6 Å². The van der Waals surface area contributed by atoms with Crippen LogP contribution >= 0.6 is 7.82 Å². The minimum absolute atomic E-state index is 0. The first kappa shape index (κ1) is 32.1. The molecule has 30 heavy (non-hydrogen) atoms. The Labute approximate surface area is 196 Å². The molecule has 0 saturated carbocycles. The second kappa shape index (κ2) is 19.6. The van der Waals surface area contributed by atoms with Crippen LogP contribution in [0.2, 0.25) is 0 Å². The summed E-state index contributed by atoms with van der Waals surface area (Å²) in [7, 11) is -3.87. The molecule has 0 aliphatic rings. The van der Waals surface area contributed by atoms with E-state index in [-0.39, 0.29) is 30.7 Å². The van der Waals surface area contributed by atoms with Gasteiger partial charge in [-0.1, -0.05) is 79.7 Å². The van der Waals surface area contributed by atoms with Crippen LogP contribution < -0.4 is 0 Å². The molecule has 0 aromatic heterocycles. The summed E-state index contributed by atoms with van der Waals surface area (Å²) in [6.45, 7) is 14.2. The Balaban J connectivity index is 0. The molecule has 0 saturated heterocycles. The number of esters is 1. The number of hydrogen-bond acceptors (Lipinski definition) is 6. The number of phosphoric acid groups is 1. The Morgan fingerprint density at radius 2 is 1.37 bits per heavy atom. The summed E-state index contributed by atoms with van der Waals surface area (Å²) in [6.07, 6.45) is 8.64.